The molecule has 0 radical (unpaired) electrons. The molecule has 3 heterocycles. The first kappa shape index (κ1) is 11.1. The number of rotatable bonds is 1. The summed E-state index contributed by atoms with van der Waals surface area (Å²) in [6.45, 7) is 2.96. The molecule has 94 valence electrons. The lowest BCUT2D eigenvalue weighted by Crippen LogP contribution is -2.50. The Morgan fingerprint density at radius 2 is 2.06 bits per heavy atom. The highest BCUT2D eigenvalue weighted by Crippen LogP contribution is 2.18. The van der Waals surface area contributed by atoms with Gasteiger partial charge in [-0.1, -0.05) is 5.21 Å². The monoisotopic (exact) mass is 264 g/mol. The van der Waals surface area contributed by atoms with Crippen molar-refractivity contribution in [2.24, 2.45) is 0 Å². The molecule has 1 saturated heterocycles. The molecule has 3 rings (SSSR count). The van der Waals surface area contributed by atoms with Gasteiger partial charge in [-0.25, -0.2) is 9.78 Å². The third-order valence-electron chi connectivity index (χ3n) is 2.86. The Bertz CT molecular complexity index is 502. The van der Waals surface area contributed by atoms with Gasteiger partial charge in [0.2, 0.25) is 0 Å². The zero-order valence-electron chi connectivity index (χ0n) is 9.64. The van der Waals surface area contributed by atoms with Gasteiger partial charge >= 0.3 is 6.03 Å². The van der Waals surface area contributed by atoms with Crippen LogP contribution in [0.15, 0.2) is 24.0 Å². The molecule has 1 fully saturated rings. The van der Waals surface area contributed by atoms with Gasteiger partial charge in [-0.3, -0.25) is 0 Å². The Morgan fingerprint density at radius 1 is 1.22 bits per heavy atom. The average molecular weight is 264 g/mol. The normalized spacial score (nSPS) is 16.0. The van der Waals surface area contributed by atoms with E-state index in [1.165, 1.54) is 10.9 Å². The summed E-state index contributed by atoms with van der Waals surface area (Å²) in [7, 11) is 0. The molecule has 0 aliphatic carbocycles. The lowest BCUT2D eigenvalue weighted by Gasteiger charge is -2.34. The molecule has 2 aromatic heterocycles. The fourth-order valence-electron chi connectivity index (χ4n) is 1.92. The van der Waals surface area contributed by atoms with Crippen molar-refractivity contribution in [3.63, 3.8) is 0 Å². The van der Waals surface area contributed by atoms with E-state index in [0.717, 1.165) is 18.2 Å². The van der Waals surface area contributed by atoms with Gasteiger partial charge in [0, 0.05) is 37.8 Å². The number of piperazine rings is 1. The average Bonchev–Trinajstić information content (AvgIpc) is 3.11. The lowest BCUT2D eigenvalue weighted by atomic mass is 10.3. The number of carbonyl (C=O) groups excluding carboxylic acids is 1. The Labute approximate surface area is 108 Å². The number of anilines is 1. The first-order valence-electron chi connectivity index (χ1n) is 5.64. The number of aromatic nitrogens is 4. The van der Waals surface area contributed by atoms with E-state index >= 15 is 0 Å². The molecule has 0 unspecified atom stereocenters. The van der Waals surface area contributed by atoms with Gasteiger partial charge in [-0.15, -0.1) is 16.4 Å². The largest absolute Gasteiger partial charge is 0.346 e. The maximum Gasteiger partial charge on any atom is 0.346 e. The van der Waals surface area contributed by atoms with Crippen LogP contribution in [0.2, 0.25) is 0 Å². The predicted molar refractivity (Wildman–Crippen MR) is 66.7 cm³/mol. The molecule has 0 spiro atoms. The molecule has 18 heavy (non-hydrogen) atoms. The van der Waals surface area contributed by atoms with E-state index < -0.39 is 0 Å². The van der Waals surface area contributed by atoms with Crippen LogP contribution in [0, 0.1) is 0 Å². The SMILES string of the molecule is O=C(N1CCN(c2nccs2)CC1)n1ccnn1. The van der Waals surface area contributed by atoms with Gasteiger partial charge < -0.3 is 9.80 Å². The van der Waals surface area contributed by atoms with Crippen molar-refractivity contribution in [3.05, 3.63) is 24.0 Å². The van der Waals surface area contributed by atoms with Gasteiger partial charge in [-0.2, -0.15) is 4.68 Å². The van der Waals surface area contributed by atoms with Crippen molar-refractivity contribution in [1.82, 2.24) is 24.9 Å². The maximum atomic E-state index is 12.0. The molecule has 8 heteroatoms. The molecular weight excluding hydrogens is 252 g/mol. The first-order chi connectivity index (χ1) is 8.84. The molecule has 0 saturated carbocycles. The van der Waals surface area contributed by atoms with E-state index in [-0.39, 0.29) is 6.03 Å². The summed E-state index contributed by atoms with van der Waals surface area (Å²) in [5, 5.41) is 10.3. The lowest BCUT2D eigenvalue weighted by molar-refractivity contribution is 0.192. The molecular formula is C10H12N6OS. The molecule has 1 aliphatic rings. The Hall–Kier alpha value is -1.96. The molecule has 0 aromatic carbocycles. The second-order valence-electron chi connectivity index (χ2n) is 3.92. The quantitative estimate of drug-likeness (QED) is 0.751. The van der Waals surface area contributed by atoms with Crippen LogP contribution in [-0.2, 0) is 0 Å². The number of nitrogens with zero attached hydrogens (tertiary/aromatic N) is 6. The smallest absolute Gasteiger partial charge is 0.345 e. The fourth-order valence-corrected chi connectivity index (χ4v) is 2.61. The minimum absolute atomic E-state index is 0.119. The van der Waals surface area contributed by atoms with Gasteiger partial charge in [0.1, 0.15) is 0 Å². The van der Waals surface area contributed by atoms with Crippen LogP contribution in [0.25, 0.3) is 0 Å². The summed E-state index contributed by atoms with van der Waals surface area (Å²) in [4.78, 5) is 20.2. The topological polar surface area (TPSA) is 67.2 Å². The molecule has 1 amide bonds. The summed E-state index contributed by atoms with van der Waals surface area (Å²) >= 11 is 1.62. The Kier molecular flexibility index (Phi) is 2.93. The van der Waals surface area contributed by atoms with E-state index in [9.17, 15) is 4.79 Å². The molecule has 2 aromatic rings. The van der Waals surface area contributed by atoms with Crippen molar-refractivity contribution >= 4 is 22.5 Å². The van der Waals surface area contributed by atoms with Crippen LogP contribution in [0.4, 0.5) is 9.93 Å². The zero-order chi connectivity index (χ0) is 12.4. The van der Waals surface area contributed by atoms with E-state index in [1.54, 1.807) is 28.6 Å². The minimum Gasteiger partial charge on any atom is -0.345 e. The van der Waals surface area contributed by atoms with Gasteiger partial charge in [0.05, 0.1) is 12.4 Å². The van der Waals surface area contributed by atoms with Crippen LogP contribution in [0.5, 0.6) is 0 Å². The molecule has 0 N–H and O–H groups in total. The summed E-state index contributed by atoms with van der Waals surface area (Å²) in [6.07, 6.45) is 4.87. The van der Waals surface area contributed by atoms with E-state index in [1.807, 2.05) is 5.38 Å². The molecule has 1 aliphatic heterocycles. The highest BCUT2D eigenvalue weighted by Gasteiger charge is 2.23. The Balaban J connectivity index is 1.62. The minimum atomic E-state index is -0.119. The predicted octanol–water partition coefficient (Wildman–Crippen LogP) is 0.525. The maximum absolute atomic E-state index is 12.0. The van der Waals surface area contributed by atoms with Crippen molar-refractivity contribution < 1.29 is 4.79 Å². The Morgan fingerprint density at radius 3 is 2.67 bits per heavy atom. The second-order valence-corrected chi connectivity index (χ2v) is 4.79. The fraction of sp³-hybridized carbons (Fsp3) is 0.400. The summed E-state index contributed by atoms with van der Waals surface area (Å²) < 4.78 is 1.26. The number of thiazole rings is 1. The summed E-state index contributed by atoms with van der Waals surface area (Å²) in [5.41, 5.74) is 0. The van der Waals surface area contributed by atoms with Crippen molar-refractivity contribution in [2.75, 3.05) is 31.1 Å². The standard InChI is InChI=1S/C10H12N6OS/c17-10(16-3-1-12-13-16)15-6-4-14(5-7-15)9-11-2-8-18-9/h1-3,8H,4-7H2. The van der Waals surface area contributed by atoms with Gasteiger partial charge in [-0.05, 0) is 0 Å². The number of hydrogen-bond acceptors (Lipinski definition) is 6. The van der Waals surface area contributed by atoms with E-state index in [4.69, 9.17) is 0 Å². The molecule has 0 bridgehead atoms. The van der Waals surface area contributed by atoms with E-state index in [0.29, 0.717) is 13.1 Å². The number of amides is 1. The zero-order valence-corrected chi connectivity index (χ0v) is 10.5. The summed E-state index contributed by atoms with van der Waals surface area (Å²) in [6, 6.07) is -0.119. The highest BCUT2D eigenvalue weighted by molar-refractivity contribution is 7.13. The summed E-state index contributed by atoms with van der Waals surface area (Å²) in [5.74, 6) is 0. The van der Waals surface area contributed by atoms with Crippen molar-refractivity contribution in [1.29, 1.82) is 0 Å². The van der Waals surface area contributed by atoms with Gasteiger partial charge in [0.15, 0.2) is 5.13 Å². The second kappa shape index (κ2) is 4.73. The first-order valence-corrected chi connectivity index (χ1v) is 6.52. The van der Waals surface area contributed by atoms with Crippen LogP contribution >= 0.6 is 11.3 Å². The highest BCUT2D eigenvalue weighted by atomic mass is 32.1. The van der Waals surface area contributed by atoms with Crippen molar-refractivity contribution in [2.45, 2.75) is 0 Å². The van der Waals surface area contributed by atoms with Crippen LogP contribution in [-0.4, -0.2) is 57.1 Å². The third-order valence-corrected chi connectivity index (χ3v) is 3.69. The third kappa shape index (κ3) is 2.06. The van der Waals surface area contributed by atoms with E-state index in [2.05, 4.69) is 20.2 Å². The van der Waals surface area contributed by atoms with Crippen LogP contribution in [0.1, 0.15) is 0 Å². The van der Waals surface area contributed by atoms with Gasteiger partial charge in [0.25, 0.3) is 0 Å². The number of carbonyl (C=O) groups is 1. The van der Waals surface area contributed by atoms with Crippen LogP contribution < -0.4 is 4.90 Å². The van der Waals surface area contributed by atoms with Crippen molar-refractivity contribution in [3.8, 4) is 0 Å². The van der Waals surface area contributed by atoms with Crippen LogP contribution in [0.3, 0.4) is 0 Å². The molecule has 0 atom stereocenters. The number of hydrogen-bond donors (Lipinski definition) is 0. The molecule has 7 nitrogen and oxygen atoms in total.